The van der Waals surface area contributed by atoms with Crippen LogP contribution in [0, 0.1) is 24.0 Å². The lowest BCUT2D eigenvalue weighted by Crippen LogP contribution is -2.36. The minimum atomic E-state index is -0.514. The van der Waals surface area contributed by atoms with Gasteiger partial charge in [-0.25, -0.2) is 4.79 Å². The fraction of sp³-hybridized carbons (Fsp3) is 0.182. The molecular weight excluding hydrogens is 400 g/mol. The van der Waals surface area contributed by atoms with Crippen LogP contribution in [0.4, 0.5) is 17.3 Å². The number of nitro groups is 1. The molecule has 0 aliphatic rings. The van der Waals surface area contributed by atoms with Gasteiger partial charge < -0.3 is 9.73 Å². The smallest absolute Gasteiger partial charge is 0.333 e. The number of nitrogens with one attached hydrogen (secondary N) is 1. The summed E-state index contributed by atoms with van der Waals surface area (Å²) in [5.41, 5.74) is 2.76. The van der Waals surface area contributed by atoms with E-state index in [0.717, 1.165) is 21.4 Å². The largest absolute Gasteiger partial charge is 0.423 e. The summed E-state index contributed by atoms with van der Waals surface area (Å²) < 4.78 is 8.27. The number of para-hydroxylation sites is 1. The summed E-state index contributed by atoms with van der Waals surface area (Å²) in [5, 5.41) is 14.5. The number of aryl methyl sites for hydroxylation is 3. The van der Waals surface area contributed by atoms with Crippen LogP contribution in [-0.4, -0.2) is 14.1 Å². The molecule has 2 aromatic heterocycles. The molecule has 9 nitrogen and oxygen atoms in total. The Hall–Kier alpha value is -4.14. The lowest BCUT2D eigenvalue weighted by atomic mass is 10.0. The first kappa shape index (κ1) is 20.1. The van der Waals surface area contributed by atoms with Crippen molar-refractivity contribution in [3.05, 3.63) is 84.5 Å². The van der Waals surface area contributed by atoms with Crippen LogP contribution in [0.2, 0.25) is 0 Å². The lowest BCUT2D eigenvalue weighted by Gasteiger charge is -2.12. The van der Waals surface area contributed by atoms with Crippen molar-refractivity contribution in [2.45, 2.75) is 13.8 Å². The molecule has 0 aliphatic carbocycles. The number of furan rings is 1. The highest BCUT2D eigenvalue weighted by Crippen LogP contribution is 2.39. The highest BCUT2D eigenvalue weighted by molar-refractivity contribution is 5.99. The van der Waals surface area contributed by atoms with Gasteiger partial charge in [-0.3, -0.25) is 24.0 Å². The third-order valence-electron chi connectivity index (χ3n) is 5.37. The number of benzene rings is 2. The summed E-state index contributed by atoms with van der Waals surface area (Å²) >= 11 is 0. The van der Waals surface area contributed by atoms with Gasteiger partial charge in [0.05, 0.1) is 10.5 Å². The van der Waals surface area contributed by atoms with Crippen LogP contribution in [0.25, 0.3) is 22.2 Å². The summed E-state index contributed by atoms with van der Waals surface area (Å²) in [6.07, 6.45) is 0. The summed E-state index contributed by atoms with van der Waals surface area (Å²) in [5.74, 6) is 0.277. The Bertz CT molecular complexity index is 1440. The summed E-state index contributed by atoms with van der Waals surface area (Å²) in [6, 6.07) is 11.7. The van der Waals surface area contributed by atoms with Crippen LogP contribution in [0.5, 0.6) is 0 Å². The van der Waals surface area contributed by atoms with E-state index in [4.69, 9.17) is 4.42 Å². The van der Waals surface area contributed by atoms with Crippen LogP contribution in [0.3, 0.4) is 0 Å². The minimum Gasteiger partial charge on any atom is -0.423 e. The van der Waals surface area contributed by atoms with Crippen molar-refractivity contribution >= 4 is 28.4 Å². The summed E-state index contributed by atoms with van der Waals surface area (Å²) in [6.45, 7) is 3.89. The number of nitro benzene ring substituents is 1. The molecule has 0 unspecified atom stereocenters. The van der Waals surface area contributed by atoms with E-state index in [1.165, 1.54) is 30.8 Å². The van der Waals surface area contributed by atoms with Gasteiger partial charge in [-0.1, -0.05) is 18.2 Å². The van der Waals surface area contributed by atoms with Crippen molar-refractivity contribution in [3.8, 4) is 11.1 Å². The molecule has 0 fully saturated rings. The molecule has 0 atom stereocenters. The minimum absolute atomic E-state index is 0.0684. The van der Waals surface area contributed by atoms with Gasteiger partial charge in [0.25, 0.3) is 11.2 Å². The van der Waals surface area contributed by atoms with Gasteiger partial charge in [-0.2, -0.15) is 0 Å². The zero-order valence-corrected chi connectivity index (χ0v) is 17.4. The maximum absolute atomic E-state index is 13.0. The molecule has 0 amide bonds. The SMILES string of the molecule is Cc1cccc(C)c1Nc1oc2c(c1-c1ccc([N+](=O)[O-])cc1)c(=O)n(C)c(=O)n2C. The van der Waals surface area contributed by atoms with Crippen LogP contribution < -0.4 is 16.6 Å². The molecule has 0 spiro atoms. The fourth-order valence-electron chi connectivity index (χ4n) is 3.66. The van der Waals surface area contributed by atoms with E-state index < -0.39 is 16.2 Å². The van der Waals surface area contributed by atoms with Crippen LogP contribution in [-0.2, 0) is 14.1 Å². The Balaban J connectivity index is 2.06. The molecule has 9 heteroatoms. The normalized spacial score (nSPS) is 11.1. The van der Waals surface area contributed by atoms with Gasteiger partial charge in [-0.05, 0) is 42.7 Å². The standard InChI is InChI=1S/C22H20N4O5/c1-12-6-5-7-13(2)18(12)23-19-16(14-8-10-15(11-9-14)26(29)30)17-20(27)24(3)22(28)25(4)21(17)31-19/h5-11,23H,1-4H3. The Morgan fingerprint density at radius 3 is 2.16 bits per heavy atom. The molecule has 31 heavy (non-hydrogen) atoms. The zero-order chi connectivity index (χ0) is 22.4. The first-order valence-electron chi connectivity index (χ1n) is 9.51. The topological polar surface area (TPSA) is 112 Å². The number of anilines is 2. The Labute approximate surface area is 176 Å². The number of fused-ring (bicyclic) bond motifs is 1. The van der Waals surface area contributed by atoms with Gasteiger partial charge in [-0.15, -0.1) is 0 Å². The average molecular weight is 420 g/mol. The highest BCUT2D eigenvalue weighted by atomic mass is 16.6. The van der Waals surface area contributed by atoms with E-state index in [-0.39, 0.29) is 22.7 Å². The first-order valence-corrected chi connectivity index (χ1v) is 9.51. The van der Waals surface area contributed by atoms with E-state index in [0.29, 0.717) is 11.1 Å². The van der Waals surface area contributed by atoms with E-state index >= 15 is 0 Å². The lowest BCUT2D eigenvalue weighted by molar-refractivity contribution is -0.384. The Morgan fingerprint density at radius 2 is 1.58 bits per heavy atom. The summed E-state index contributed by atoms with van der Waals surface area (Å²) in [4.78, 5) is 36.0. The number of nitrogens with zero attached hydrogens (tertiary/aromatic N) is 3. The van der Waals surface area contributed by atoms with Gasteiger partial charge in [0.1, 0.15) is 5.39 Å². The Morgan fingerprint density at radius 1 is 0.968 bits per heavy atom. The molecule has 0 radical (unpaired) electrons. The molecule has 4 aromatic rings. The van der Waals surface area contributed by atoms with Gasteiger partial charge >= 0.3 is 5.69 Å². The van der Waals surface area contributed by atoms with Crippen molar-refractivity contribution in [1.29, 1.82) is 0 Å². The monoisotopic (exact) mass is 420 g/mol. The van der Waals surface area contributed by atoms with Crippen molar-refractivity contribution in [2.75, 3.05) is 5.32 Å². The fourth-order valence-corrected chi connectivity index (χ4v) is 3.66. The predicted octanol–water partition coefficient (Wildman–Crippen LogP) is 3.77. The average Bonchev–Trinajstić information content (AvgIpc) is 3.13. The molecule has 158 valence electrons. The molecule has 2 aromatic carbocycles. The summed E-state index contributed by atoms with van der Waals surface area (Å²) in [7, 11) is 2.92. The molecule has 1 N–H and O–H groups in total. The van der Waals surface area contributed by atoms with E-state index in [1.807, 2.05) is 32.0 Å². The number of rotatable bonds is 4. The predicted molar refractivity (Wildman–Crippen MR) is 118 cm³/mol. The molecule has 0 bridgehead atoms. The van der Waals surface area contributed by atoms with Crippen LogP contribution >= 0.6 is 0 Å². The maximum Gasteiger partial charge on any atom is 0.333 e. The number of non-ortho nitro benzene ring substituents is 1. The second-order valence-corrected chi connectivity index (χ2v) is 7.39. The van der Waals surface area contributed by atoms with Crippen molar-refractivity contribution in [1.82, 2.24) is 9.13 Å². The third kappa shape index (κ3) is 3.20. The quantitative estimate of drug-likeness (QED) is 0.397. The molecule has 0 saturated heterocycles. The first-order chi connectivity index (χ1) is 14.7. The molecule has 0 saturated carbocycles. The van der Waals surface area contributed by atoms with Gasteiger partial charge in [0, 0.05) is 31.9 Å². The van der Waals surface area contributed by atoms with Crippen molar-refractivity contribution in [3.63, 3.8) is 0 Å². The zero-order valence-electron chi connectivity index (χ0n) is 17.4. The Kier molecular flexibility index (Phi) is 4.73. The molecule has 0 aliphatic heterocycles. The number of aromatic nitrogens is 2. The third-order valence-corrected chi connectivity index (χ3v) is 5.37. The molecular formula is C22H20N4O5. The van der Waals surface area contributed by atoms with Crippen molar-refractivity contribution in [2.24, 2.45) is 14.1 Å². The van der Waals surface area contributed by atoms with E-state index in [2.05, 4.69) is 5.32 Å². The second kappa shape index (κ2) is 7.28. The van der Waals surface area contributed by atoms with Crippen LogP contribution in [0.1, 0.15) is 11.1 Å². The highest BCUT2D eigenvalue weighted by Gasteiger charge is 2.24. The van der Waals surface area contributed by atoms with Crippen LogP contribution in [0.15, 0.2) is 56.5 Å². The molecule has 4 rings (SSSR count). The van der Waals surface area contributed by atoms with E-state index in [9.17, 15) is 19.7 Å². The van der Waals surface area contributed by atoms with Gasteiger partial charge in [0.2, 0.25) is 11.6 Å². The second-order valence-electron chi connectivity index (χ2n) is 7.39. The molecule has 2 heterocycles. The van der Waals surface area contributed by atoms with E-state index in [1.54, 1.807) is 12.1 Å². The van der Waals surface area contributed by atoms with Crippen molar-refractivity contribution < 1.29 is 9.34 Å². The maximum atomic E-state index is 13.0. The number of hydrogen-bond acceptors (Lipinski definition) is 6. The van der Waals surface area contributed by atoms with Gasteiger partial charge in [0.15, 0.2) is 0 Å². The number of hydrogen-bond donors (Lipinski definition) is 1.